The number of carbonyl (C=O) groups is 4. The standard InChI is InChI=1S/C44H46N4O6/c1-2-37(30-6-4-3-5-7-30)41(31-9-13-35(49)14-10-31)32-11-15-36(16-12-32)54-25-24-47-22-20-33(21-23-47)42(51)45-27-29-8-17-38-34(26-29)28-48(44(38)53)39-18-19-40(50)46-43(39)52/h3-17,26,33,39,49H,2,18-25,27-28H2,1H3,(H,45,51)(H,46,50,52)/b41-37-. The Labute approximate surface area is 315 Å². The highest BCUT2D eigenvalue weighted by Gasteiger charge is 2.39. The molecule has 3 aliphatic rings. The van der Waals surface area contributed by atoms with Crippen LogP contribution in [-0.2, 0) is 27.5 Å². The van der Waals surface area contributed by atoms with Crippen LogP contribution in [0.1, 0.15) is 77.2 Å². The first-order valence-corrected chi connectivity index (χ1v) is 18.8. The smallest absolute Gasteiger partial charge is 0.255 e. The van der Waals surface area contributed by atoms with Crippen molar-refractivity contribution in [3.63, 3.8) is 0 Å². The maximum absolute atomic E-state index is 13.1. The number of nitrogens with zero attached hydrogens (tertiary/aromatic N) is 2. The van der Waals surface area contributed by atoms with Crippen LogP contribution < -0.4 is 15.4 Å². The van der Waals surface area contributed by atoms with Gasteiger partial charge < -0.3 is 20.1 Å². The number of amides is 4. The first kappa shape index (κ1) is 36.6. The second kappa shape index (κ2) is 16.5. The molecule has 3 aliphatic heterocycles. The molecule has 3 N–H and O–H groups in total. The van der Waals surface area contributed by atoms with E-state index in [1.54, 1.807) is 18.2 Å². The molecule has 54 heavy (non-hydrogen) atoms. The van der Waals surface area contributed by atoms with Gasteiger partial charge in [-0.15, -0.1) is 0 Å². The molecule has 0 aliphatic carbocycles. The molecule has 10 heteroatoms. The van der Waals surface area contributed by atoms with Crippen molar-refractivity contribution in [2.24, 2.45) is 5.92 Å². The van der Waals surface area contributed by atoms with Gasteiger partial charge >= 0.3 is 0 Å². The molecule has 4 aromatic rings. The number of hydrogen-bond donors (Lipinski definition) is 3. The third-order valence-electron chi connectivity index (χ3n) is 10.8. The number of ether oxygens (including phenoxy) is 1. The van der Waals surface area contributed by atoms with Gasteiger partial charge in [0.25, 0.3) is 5.91 Å². The van der Waals surface area contributed by atoms with Gasteiger partial charge in [-0.2, -0.15) is 0 Å². The summed E-state index contributed by atoms with van der Waals surface area (Å²) in [7, 11) is 0. The predicted molar refractivity (Wildman–Crippen MR) is 206 cm³/mol. The molecule has 10 nitrogen and oxygen atoms in total. The van der Waals surface area contributed by atoms with E-state index in [1.165, 1.54) is 16.0 Å². The van der Waals surface area contributed by atoms with Gasteiger partial charge in [0.15, 0.2) is 0 Å². The molecule has 1 atom stereocenters. The molecule has 4 amide bonds. The van der Waals surface area contributed by atoms with Crippen molar-refractivity contribution in [2.45, 2.75) is 58.2 Å². The topological polar surface area (TPSA) is 128 Å². The minimum atomic E-state index is -0.649. The molecule has 0 spiro atoms. The Morgan fingerprint density at radius 3 is 2.26 bits per heavy atom. The number of carbonyl (C=O) groups excluding carboxylic acids is 4. The SMILES string of the molecule is CC/C(=C(\c1ccc(O)cc1)c1ccc(OCCN2CCC(C(=O)NCc3ccc4c(c3)CN(C3CCC(=O)NC3=O)C4=O)CC2)cc1)c1ccccc1. The van der Waals surface area contributed by atoms with Crippen LogP contribution in [0.5, 0.6) is 11.5 Å². The molecule has 2 saturated heterocycles. The number of allylic oxidation sites excluding steroid dienone is 1. The minimum absolute atomic E-state index is 0.0342. The Morgan fingerprint density at radius 1 is 0.870 bits per heavy atom. The van der Waals surface area contributed by atoms with Crippen LogP contribution in [0.25, 0.3) is 11.1 Å². The molecule has 2 fully saturated rings. The number of fused-ring (bicyclic) bond motifs is 1. The van der Waals surface area contributed by atoms with Crippen LogP contribution in [0.4, 0.5) is 0 Å². The number of likely N-dealkylation sites (tertiary alicyclic amines) is 1. The van der Waals surface area contributed by atoms with Gasteiger partial charge in [0.2, 0.25) is 17.7 Å². The molecule has 3 heterocycles. The zero-order valence-electron chi connectivity index (χ0n) is 30.6. The van der Waals surface area contributed by atoms with E-state index in [2.05, 4.69) is 58.9 Å². The van der Waals surface area contributed by atoms with E-state index in [1.807, 2.05) is 42.5 Å². The molecule has 4 aromatic carbocycles. The number of aromatic hydroxyl groups is 1. The summed E-state index contributed by atoms with van der Waals surface area (Å²) in [5.74, 6) is 0.0709. The Hall–Kier alpha value is -5.74. The first-order valence-electron chi connectivity index (χ1n) is 18.8. The fourth-order valence-corrected chi connectivity index (χ4v) is 7.81. The summed E-state index contributed by atoms with van der Waals surface area (Å²) in [4.78, 5) is 53.9. The quantitative estimate of drug-likeness (QED) is 0.122. The summed E-state index contributed by atoms with van der Waals surface area (Å²) in [6.45, 7) is 5.79. The van der Waals surface area contributed by atoms with Crippen molar-refractivity contribution < 1.29 is 29.0 Å². The van der Waals surface area contributed by atoms with E-state index in [9.17, 15) is 24.3 Å². The maximum Gasteiger partial charge on any atom is 0.255 e. The third kappa shape index (κ3) is 8.24. The summed E-state index contributed by atoms with van der Waals surface area (Å²) in [5.41, 5.74) is 7.94. The Kier molecular flexibility index (Phi) is 11.2. The largest absolute Gasteiger partial charge is 0.508 e. The van der Waals surface area contributed by atoms with Crippen LogP contribution in [0.15, 0.2) is 97.1 Å². The van der Waals surface area contributed by atoms with Crippen LogP contribution in [0.3, 0.4) is 0 Å². The van der Waals surface area contributed by atoms with Crippen LogP contribution in [0.2, 0.25) is 0 Å². The van der Waals surface area contributed by atoms with Crippen LogP contribution in [-0.4, -0.2) is 70.8 Å². The normalized spacial score (nSPS) is 18.2. The van der Waals surface area contributed by atoms with Gasteiger partial charge in [-0.3, -0.25) is 29.4 Å². The van der Waals surface area contributed by atoms with E-state index >= 15 is 0 Å². The third-order valence-corrected chi connectivity index (χ3v) is 10.8. The first-order chi connectivity index (χ1) is 26.3. The summed E-state index contributed by atoms with van der Waals surface area (Å²) in [6, 6.07) is 30.9. The van der Waals surface area contributed by atoms with Crippen molar-refractivity contribution in [3.05, 3.63) is 130 Å². The number of nitrogens with one attached hydrogen (secondary N) is 2. The molecular weight excluding hydrogens is 681 g/mol. The summed E-state index contributed by atoms with van der Waals surface area (Å²) >= 11 is 0. The van der Waals surface area contributed by atoms with Gasteiger partial charge in [-0.1, -0.05) is 73.7 Å². The Morgan fingerprint density at radius 2 is 1.57 bits per heavy atom. The molecule has 1 unspecified atom stereocenters. The average Bonchev–Trinajstić information content (AvgIpc) is 3.52. The van der Waals surface area contributed by atoms with Crippen molar-refractivity contribution in [1.29, 1.82) is 0 Å². The van der Waals surface area contributed by atoms with Crippen molar-refractivity contribution in [1.82, 2.24) is 20.4 Å². The van der Waals surface area contributed by atoms with Gasteiger partial charge in [0, 0.05) is 37.5 Å². The summed E-state index contributed by atoms with van der Waals surface area (Å²) in [6.07, 6.45) is 2.93. The number of hydrogen-bond acceptors (Lipinski definition) is 7. The zero-order chi connectivity index (χ0) is 37.6. The fourth-order valence-electron chi connectivity index (χ4n) is 7.81. The number of piperidine rings is 2. The van der Waals surface area contributed by atoms with Gasteiger partial charge in [-0.05, 0) is 108 Å². The molecule has 7 rings (SSSR count). The molecular formula is C44H46N4O6. The Bertz CT molecular complexity index is 2040. The van der Waals surface area contributed by atoms with E-state index in [0.717, 1.165) is 72.5 Å². The molecule has 0 aromatic heterocycles. The number of phenolic OH excluding ortho intramolecular Hbond substituents is 1. The molecule has 278 valence electrons. The lowest BCUT2D eigenvalue weighted by Crippen LogP contribution is -2.52. The number of phenols is 1. The van der Waals surface area contributed by atoms with Crippen molar-refractivity contribution in [3.8, 4) is 11.5 Å². The number of rotatable bonds is 12. The van der Waals surface area contributed by atoms with Gasteiger partial charge in [-0.25, -0.2) is 0 Å². The molecule has 0 bridgehead atoms. The lowest BCUT2D eigenvalue weighted by Gasteiger charge is -2.31. The van der Waals surface area contributed by atoms with Crippen molar-refractivity contribution >= 4 is 34.8 Å². The molecule has 0 radical (unpaired) electrons. The van der Waals surface area contributed by atoms with Crippen LogP contribution in [0, 0.1) is 5.92 Å². The number of imide groups is 1. The van der Waals surface area contributed by atoms with Gasteiger partial charge in [0.1, 0.15) is 24.1 Å². The minimum Gasteiger partial charge on any atom is -0.508 e. The fraction of sp³-hybridized carbons (Fsp3) is 0.318. The van der Waals surface area contributed by atoms with Crippen LogP contribution >= 0.6 is 0 Å². The van der Waals surface area contributed by atoms with E-state index in [4.69, 9.17) is 4.74 Å². The zero-order valence-corrected chi connectivity index (χ0v) is 30.6. The lowest BCUT2D eigenvalue weighted by atomic mass is 9.88. The van der Waals surface area contributed by atoms with Crippen molar-refractivity contribution in [2.75, 3.05) is 26.2 Å². The highest BCUT2D eigenvalue weighted by atomic mass is 16.5. The lowest BCUT2D eigenvalue weighted by molar-refractivity contribution is -0.137. The monoisotopic (exact) mass is 726 g/mol. The maximum atomic E-state index is 13.1. The average molecular weight is 727 g/mol. The summed E-state index contributed by atoms with van der Waals surface area (Å²) < 4.78 is 6.16. The van der Waals surface area contributed by atoms with E-state index in [-0.39, 0.29) is 35.8 Å². The van der Waals surface area contributed by atoms with Gasteiger partial charge in [0.05, 0.1) is 0 Å². The highest BCUT2D eigenvalue weighted by molar-refractivity contribution is 6.05. The van der Waals surface area contributed by atoms with E-state index < -0.39 is 11.9 Å². The Balaban J connectivity index is 0.876. The summed E-state index contributed by atoms with van der Waals surface area (Å²) in [5, 5.41) is 15.3. The highest BCUT2D eigenvalue weighted by Crippen LogP contribution is 2.36. The molecule has 0 saturated carbocycles. The second-order valence-electron chi connectivity index (χ2n) is 14.2. The predicted octanol–water partition coefficient (Wildman–Crippen LogP) is 5.93. The van der Waals surface area contributed by atoms with E-state index in [0.29, 0.717) is 31.7 Å². The second-order valence-corrected chi connectivity index (χ2v) is 14.2. The number of benzene rings is 4.